The highest BCUT2D eigenvalue weighted by Crippen LogP contribution is 2.31. The Hall–Kier alpha value is -2.55. The van der Waals surface area contributed by atoms with Crippen molar-refractivity contribution >= 4 is 11.7 Å². The Balaban J connectivity index is 1.88. The molecule has 2 aromatic rings. The van der Waals surface area contributed by atoms with Crippen molar-refractivity contribution in [3.63, 3.8) is 0 Å². The number of ether oxygens (including phenoxy) is 1. The zero-order valence-electron chi connectivity index (χ0n) is 12.6. The summed E-state index contributed by atoms with van der Waals surface area (Å²) in [6.45, 7) is 0. The second-order valence-electron chi connectivity index (χ2n) is 5.34. The number of carbonyl (C=O) groups excluding carboxylic acids is 1. The van der Waals surface area contributed by atoms with Gasteiger partial charge in [-0.05, 0) is 24.5 Å². The van der Waals surface area contributed by atoms with Gasteiger partial charge in [0.15, 0.2) is 0 Å². The van der Waals surface area contributed by atoms with E-state index in [0.29, 0.717) is 0 Å². The van der Waals surface area contributed by atoms with Crippen molar-refractivity contribution in [1.29, 1.82) is 0 Å². The first-order valence-electron chi connectivity index (χ1n) is 7.49. The van der Waals surface area contributed by atoms with Crippen LogP contribution in [0.4, 0.5) is 5.69 Å². The van der Waals surface area contributed by atoms with Crippen molar-refractivity contribution in [3.8, 4) is 11.1 Å². The molecule has 0 amide bonds. The molecule has 112 valence electrons. The quantitative estimate of drug-likeness (QED) is 0.865. The van der Waals surface area contributed by atoms with E-state index in [-0.39, 0.29) is 12.0 Å². The summed E-state index contributed by atoms with van der Waals surface area (Å²) in [7, 11) is 1.43. The molecule has 1 atom stereocenters. The van der Waals surface area contributed by atoms with E-state index in [1.807, 2.05) is 36.4 Å². The van der Waals surface area contributed by atoms with E-state index in [4.69, 9.17) is 4.74 Å². The number of hydrogen-bond donors (Lipinski definition) is 1. The molecule has 1 unspecified atom stereocenters. The number of nitrogens with one attached hydrogen (secondary N) is 1. The third-order valence-corrected chi connectivity index (χ3v) is 3.96. The van der Waals surface area contributed by atoms with Crippen LogP contribution in [0.5, 0.6) is 0 Å². The maximum atomic E-state index is 11.8. The highest BCUT2D eigenvalue weighted by Gasteiger charge is 2.26. The molecule has 0 spiro atoms. The fraction of sp³-hybridized carbons (Fsp3) is 0.211. The lowest BCUT2D eigenvalue weighted by Gasteiger charge is -2.19. The van der Waals surface area contributed by atoms with Gasteiger partial charge in [0.25, 0.3) is 0 Å². The van der Waals surface area contributed by atoms with Crippen LogP contribution in [0.2, 0.25) is 0 Å². The molecule has 3 rings (SSSR count). The maximum absolute atomic E-state index is 11.8. The minimum Gasteiger partial charge on any atom is -0.466 e. The fourth-order valence-electron chi connectivity index (χ4n) is 2.86. The van der Waals surface area contributed by atoms with Gasteiger partial charge in [-0.15, -0.1) is 0 Å². The van der Waals surface area contributed by atoms with Gasteiger partial charge in [0.1, 0.15) is 0 Å². The summed E-state index contributed by atoms with van der Waals surface area (Å²) in [5, 5.41) is 3.50. The number of esters is 1. The third-order valence-electron chi connectivity index (χ3n) is 3.96. The summed E-state index contributed by atoms with van der Waals surface area (Å²) in [6.07, 6.45) is 3.78. The first-order valence-corrected chi connectivity index (χ1v) is 7.49. The van der Waals surface area contributed by atoms with Crippen molar-refractivity contribution in [1.82, 2.24) is 0 Å². The minimum atomic E-state index is -0.243. The van der Waals surface area contributed by atoms with E-state index in [1.165, 1.54) is 7.11 Å². The van der Waals surface area contributed by atoms with Crippen LogP contribution in [0, 0.1) is 0 Å². The van der Waals surface area contributed by atoms with E-state index >= 15 is 0 Å². The minimum absolute atomic E-state index is 0.0114. The molecule has 1 N–H and O–H groups in total. The number of anilines is 1. The number of benzene rings is 2. The predicted molar refractivity (Wildman–Crippen MR) is 88.6 cm³/mol. The normalized spacial score (nSPS) is 17.0. The first-order chi connectivity index (χ1) is 10.8. The van der Waals surface area contributed by atoms with Crippen molar-refractivity contribution in [2.45, 2.75) is 18.9 Å². The van der Waals surface area contributed by atoms with Crippen LogP contribution < -0.4 is 5.32 Å². The smallest absolute Gasteiger partial charge is 0.335 e. The van der Waals surface area contributed by atoms with Crippen LogP contribution >= 0.6 is 0 Å². The summed E-state index contributed by atoms with van der Waals surface area (Å²) in [6, 6.07) is 18.4. The molecule has 3 heteroatoms. The monoisotopic (exact) mass is 293 g/mol. The highest BCUT2D eigenvalue weighted by atomic mass is 16.5. The number of rotatable bonds is 4. The molecule has 0 saturated heterocycles. The molecule has 1 aliphatic carbocycles. The van der Waals surface area contributed by atoms with Gasteiger partial charge in [-0.1, -0.05) is 54.6 Å². The van der Waals surface area contributed by atoms with E-state index in [9.17, 15) is 4.79 Å². The highest BCUT2D eigenvalue weighted by molar-refractivity contribution is 5.91. The lowest BCUT2D eigenvalue weighted by molar-refractivity contribution is -0.136. The summed E-state index contributed by atoms with van der Waals surface area (Å²) < 4.78 is 4.87. The summed E-state index contributed by atoms with van der Waals surface area (Å²) >= 11 is 0. The molecule has 3 nitrogen and oxygen atoms in total. The van der Waals surface area contributed by atoms with Crippen LogP contribution in [-0.2, 0) is 9.53 Å². The molecule has 2 aromatic carbocycles. The first kappa shape index (κ1) is 14.4. The van der Waals surface area contributed by atoms with Crippen molar-refractivity contribution in [2.24, 2.45) is 0 Å². The van der Waals surface area contributed by atoms with Crippen molar-refractivity contribution in [2.75, 3.05) is 12.4 Å². The Morgan fingerprint density at radius 1 is 1.09 bits per heavy atom. The van der Waals surface area contributed by atoms with Crippen LogP contribution in [0.25, 0.3) is 11.1 Å². The third kappa shape index (κ3) is 2.89. The second kappa shape index (κ2) is 6.48. The largest absolute Gasteiger partial charge is 0.466 e. The molecular formula is C19H19NO2. The molecule has 22 heavy (non-hydrogen) atoms. The average Bonchev–Trinajstić information content (AvgIpc) is 3.03. The van der Waals surface area contributed by atoms with Gasteiger partial charge < -0.3 is 10.1 Å². The van der Waals surface area contributed by atoms with Gasteiger partial charge in [0, 0.05) is 11.3 Å². The molecular weight excluding hydrogens is 274 g/mol. The molecule has 0 bridgehead atoms. The van der Waals surface area contributed by atoms with Crippen LogP contribution in [0.3, 0.4) is 0 Å². The van der Waals surface area contributed by atoms with Crippen molar-refractivity contribution < 1.29 is 9.53 Å². The molecule has 1 aliphatic rings. The van der Waals surface area contributed by atoms with Gasteiger partial charge in [-0.25, -0.2) is 4.79 Å². The Kier molecular flexibility index (Phi) is 4.24. The lowest BCUT2D eigenvalue weighted by atomic mass is 10.0. The maximum Gasteiger partial charge on any atom is 0.335 e. The number of allylic oxidation sites excluding steroid dienone is 1. The molecule has 0 saturated carbocycles. The van der Waals surface area contributed by atoms with E-state index in [2.05, 4.69) is 29.6 Å². The zero-order valence-corrected chi connectivity index (χ0v) is 12.6. The summed E-state index contributed by atoms with van der Waals surface area (Å²) in [5.41, 5.74) is 4.06. The van der Waals surface area contributed by atoms with Gasteiger partial charge in [-0.2, -0.15) is 0 Å². The number of hydrogen-bond acceptors (Lipinski definition) is 3. The standard InChI is InChI=1S/C19H19NO2/c1-22-19(21)16-11-7-13-18(16)20-17-12-6-5-10-15(17)14-8-3-2-4-9-14/h2-6,8-12,18,20H,7,13H2,1H3. The molecule has 0 radical (unpaired) electrons. The summed E-state index contributed by atoms with van der Waals surface area (Å²) in [5.74, 6) is -0.243. The van der Waals surface area contributed by atoms with Gasteiger partial charge >= 0.3 is 5.97 Å². The van der Waals surface area contributed by atoms with Gasteiger partial charge in [-0.3, -0.25) is 0 Å². The van der Waals surface area contributed by atoms with E-state index in [0.717, 1.165) is 35.2 Å². The SMILES string of the molecule is COC(=O)C1=CCCC1Nc1ccccc1-c1ccccc1. The lowest BCUT2D eigenvalue weighted by Crippen LogP contribution is -2.24. The second-order valence-corrected chi connectivity index (χ2v) is 5.34. The van der Waals surface area contributed by atoms with Crippen LogP contribution in [0.1, 0.15) is 12.8 Å². The Bertz CT molecular complexity index is 692. The Labute approximate surface area is 130 Å². The average molecular weight is 293 g/mol. The van der Waals surface area contributed by atoms with Gasteiger partial charge in [0.05, 0.1) is 18.7 Å². The topological polar surface area (TPSA) is 38.3 Å². The van der Waals surface area contributed by atoms with Crippen LogP contribution in [-0.4, -0.2) is 19.1 Å². The number of carbonyl (C=O) groups is 1. The molecule has 0 heterocycles. The molecule has 0 aromatic heterocycles. The fourth-order valence-corrected chi connectivity index (χ4v) is 2.86. The van der Waals surface area contributed by atoms with E-state index in [1.54, 1.807) is 0 Å². The van der Waals surface area contributed by atoms with Crippen LogP contribution in [0.15, 0.2) is 66.2 Å². The van der Waals surface area contributed by atoms with Crippen molar-refractivity contribution in [3.05, 3.63) is 66.2 Å². The zero-order chi connectivity index (χ0) is 15.4. The summed E-state index contributed by atoms with van der Waals surface area (Å²) in [4.78, 5) is 11.8. The van der Waals surface area contributed by atoms with Gasteiger partial charge in [0.2, 0.25) is 0 Å². The molecule has 0 fully saturated rings. The Morgan fingerprint density at radius 2 is 1.82 bits per heavy atom. The predicted octanol–water partition coefficient (Wildman–Crippen LogP) is 4.03. The number of para-hydroxylation sites is 1. The molecule has 0 aliphatic heterocycles. The Morgan fingerprint density at radius 3 is 2.59 bits per heavy atom. The van der Waals surface area contributed by atoms with E-state index < -0.39 is 0 Å². The number of methoxy groups -OCH3 is 1.